The van der Waals surface area contributed by atoms with Crippen LogP contribution in [-0.4, -0.2) is 61.2 Å². The molecule has 65 heavy (non-hydrogen) atoms. The van der Waals surface area contributed by atoms with Gasteiger partial charge in [0.2, 0.25) is 22.0 Å². The van der Waals surface area contributed by atoms with E-state index in [9.17, 15) is 40.9 Å². The highest BCUT2D eigenvalue weighted by atomic mass is 35.5. The standard InChI is InChI=1S/C43H54ClN5O13S3/c1-6-7-8-9-10-11-12-13-14-15-22-64(55,56)49-30-18-21-33(44)34(25-30)46-42(53)40(41(52)43(3,4)5)60-31-19-16-29(17-20-31)47-48-38-36(63-62-61-54)24-28-23-32(65(57,58)59)26-35(45-27(2)50)37(28)39(38)51/h16-21,23-26,40,49,51,54H,6-15,22H2,1-5H3,(H,45,50)(H,46,53)(H,57,58,59). The number of sulfonamides is 1. The van der Waals surface area contributed by atoms with Gasteiger partial charge in [0.25, 0.3) is 16.0 Å². The minimum Gasteiger partial charge on any atom is -0.505 e. The number of unbranched alkanes of at least 4 members (excludes halogenated alkanes) is 9. The molecule has 0 aromatic heterocycles. The number of benzene rings is 4. The molecule has 0 bridgehead atoms. The second-order valence-electron chi connectivity index (χ2n) is 16.1. The van der Waals surface area contributed by atoms with Crippen LogP contribution in [0.1, 0.15) is 98.8 Å². The van der Waals surface area contributed by atoms with Crippen LogP contribution in [0, 0.1) is 5.41 Å². The number of phenolic OH excluding ortho intramolecular Hbond substituents is 1. The lowest BCUT2D eigenvalue weighted by Crippen LogP contribution is -2.45. The molecule has 4 aromatic rings. The lowest BCUT2D eigenvalue weighted by molar-refractivity contribution is -0.432. The van der Waals surface area contributed by atoms with Crippen molar-refractivity contribution in [2.75, 3.05) is 21.1 Å². The van der Waals surface area contributed by atoms with Crippen molar-refractivity contribution in [1.29, 1.82) is 0 Å². The fourth-order valence-corrected chi connectivity index (χ4v) is 8.83. The zero-order valence-corrected chi connectivity index (χ0v) is 39.8. The normalized spacial score (nSPS) is 12.6. The first-order valence-corrected chi connectivity index (χ1v) is 24.9. The van der Waals surface area contributed by atoms with E-state index in [0.717, 1.165) is 44.7 Å². The Bertz CT molecular complexity index is 2570. The van der Waals surface area contributed by atoms with E-state index in [1.807, 2.05) is 0 Å². The van der Waals surface area contributed by atoms with Crippen molar-refractivity contribution in [3.8, 4) is 11.5 Å². The summed E-state index contributed by atoms with van der Waals surface area (Å²) in [6.07, 6.45) is 8.90. The Labute approximate surface area is 387 Å². The van der Waals surface area contributed by atoms with E-state index in [-0.39, 0.29) is 60.6 Å². The number of rotatable bonds is 25. The maximum absolute atomic E-state index is 13.8. The van der Waals surface area contributed by atoms with Gasteiger partial charge in [-0.05, 0) is 72.5 Å². The highest BCUT2D eigenvalue weighted by Crippen LogP contribution is 2.47. The van der Waals surface area contributed by atoms with Crippen LogP contribution >= 0.6 is 23.6 Å². The van der Waals surface area contributed by atoms with Crippen molar-refractivity contribution in [1.82, 2.24) is 0 Å². The molecule has 0 aliphatic carbocycles. The van der Waals surface area contributed by atoms with E-state index >= 15 is 0 Å². The third kappa shape index (κ3) is 16.2. The van der Waals surface area contributed by atoms with Crippen LogP contribution in [0.4, 0.5) is 28.4 Å². The van der Waals surface area contributed by atoms with Crippen LogP contribution in [0.15, 0.2) is 80.7 Å². The van der Waals surface area contributed by atoms with Gasteiger partial charge in [-0.25, -0.2) is 13.7 Å². The van der Waals surface area contributed by atoms with Crippen molar-refractivity contribution in [3.05, 3.63) is 65.7 Å². The highest BCUT2D eigenvalue weighted by molar-refractivity contribution is 7.94. The van der Waals surface area contributed by atoms with E-state index in [0.29, 0.717) is 18.5 Å². The van der Waals surface area contributed by atoms with Crippen LogP contribution in [-0.2, 0) is 43.9 Å². The molecule has 1 unspecified atom stereocenters. The van der Waals surface area contributed by atoms with Crippen LogP contribution in [0.3, 0.4) is 0 Å². The van der Waals surface area contributed by atoms with Crippen molar-refractivity contribution >= 4 is 101 Å². The minimum atomic E-state index is -4.77. The van der Waals surface area contributed by atoms with E-state index in [4.69, 9.17) is 21.6 Å². The molecule has 0 spiro atoms. The molecule has 0 heterocycles. The average molecular weight is 981 g/mol. The molecule has 0 aliphatic rings. The number of halogens is 1. The Hall–Kier alpha value is -4.87. The summed E-state index contributed by atoms with van der Waals surface area (Å²) in [5, 5.41) is 37.1. The summed E-state index contributed by atoms with van der Waals surface area (Å²) in [6, 6.07) is 13.1. The maximum atomic E-state index is 13.8. The Balaban J connectivity index is 1.51. The average Bonchev–Trinajstić information content (AvgIpc) is 3.22. The first-order chi connectivity index (χ1) is 30.6. The second-order valence-corrected chi connectivity index (χ2v) is 20.5. The lowest BCUT2D eigenvalue weighted by Gasteiger charge is -2.25. The zero-order valence-electron chi connectivity index (χ0n) is 36.6. The number of nitrogens with zero attached hydrogens (tertiary/aromatic N) is 2. The van der Waals surface area contributed by atoms with E-state index in [1.54, 1.807) is 20.8 Å². The van der Waals surface area contributed by atoms with Gasteiger partial charge in [-0.1, -0.05) is 102 Å². The fraction of sp³-hybridized carbons (Fsp3) is 0.419. The van der Waals surface area contributed by atoms with Crippen molar-refractivity contribution in [2.45, 2.75) is 115 Å². The molecule has 4 aromatic carbocycles. The summed E-state index contributed by atoms with van der Waals surface area (Å²) >= 11 is 6.77. The van der Waals surface area contributed by atoms with Crippen LogP contribution in [0.25, 0.3) is 10.8 Å². The predicted octanol–water partition coefficient (Wildman–Crippen LogP) is 10.9. The molecule has 354 valence electrons. The number of ketones is 1. The Morgan fingerprint density at radius 2 is 1.46 bits per heavy atom. The van der Waals surface area contributed by atoms with Gasteiger partial charge in [-0.15, -0.1) is 9.45 Å². The number of carbonyl (C=O) groups excluding carboxylic acids is 3. The molecule has 0 aliphatic heterocycles. The number of phenols is 1. The highest BCUT2D eigenvalue weighted by Gasteiger charge is 2.37. The van der Waals surface area contributed by atoms with E-state index in [2.05, 4.69) is 41.9 Å². The number of azo groups is 1. The SMILES string of the molecule is CCCCCCCCCCCCS(=O)(=O)Nc1ccc(Cl)c(NC(=O)C(Oc2ccc(N=Nc3c(SOOO)cc4cc(S(=O)(=O)O)cc(NC(C)=O)c4c3O)cc2)C(=O)C(C)(C)C)c1. The van der Waals surface area contributed by atoms with Crippen molar-refractivity contribution in [2.24, 2.45) is 15.6 Å². The van der Waals surface area contributed by atoms with Gasteiger partial charge in [0.05, 0.1) is 55.4 Å². The summed E-state index contributed by atoms with van der Waals surface area (Å²) < 4.78 is 72.5. The molecular weight excluding hydrogens is 926 g/mol. The monoisotopic (exact) mass is 979 g/mol. The number of hydrogen-bond donors (Lipinski definition) is 6. The molecule has 22 heteroatoms. The number of Topliss-reactive ketones (excluding diaryl/α,β-unsaturated/α-hetero) is 1. The lowest BCUT2D eigenvalue weighted by atomic mass is 9.87. The molecule has 0 radical (unpaired) electrons. The van der Waals surface area contributed by atoms with E-state index < -0.39 is 59.9 Å². The summed E-state index contributed by atoms with van der Waals surface area (Å²) in [4.78, 5) is 38.7. The van der Waals surface area contributed by atoms with Crippen molar-refractivity contribution in [3.63, 3.8) is 0 Å². The predicted molar refractivity (Wildman–Crippen MR) is 249 cm³/mol. The third-order valence-electron chi connectivity index (χ3n) is 9.72. The number of anilines is 3. The van der Waals surface area contributed by atoms with Crippen LogP contribution < -0.4 is 20.1 Å². The number of amides is 2. The quantitative estimate of drug-likeness (QED) is 0.00686. The zero-order chi connectivity index (χ0) is 48.0. The summed E-state index contributed by atoms with van der Waals surface area (Å²) in [7, 11) is -8.48. The largest absolute Gasteiger partial charge is 0.505 e. The molecule has 1 atom stereocenters. The molecule has 6 N–H and O–H groups in total. The van der Waals surface area contributed by atoms with Crippen LogP contribution in [0.2, 0.25) is 5.02 Å². The van der Waals surface area contributed by atoms with Gasteiger partial charge in [-0.3, -0.25) is 23.7 Å². The van der Waals surface area contributed by atoms with Gasteiger partial charge in [-0.2, -0.15) is 13.5 Å². The number of aromatic hydroxyl groups is 1. The molecule has 0 fully saturated rings. The van der Waals surface area contributed by atoms with Crippen LogP contribution in [0.5, 0.6) is 11.5 Å². The first kappa shape index (κ1) is 52.8. The maximum Gasteiger partial charge on any atom is 0.294 e. The number of hydrogen-bond acceptors (Lipinski definition) is 15. The van der Waals surface area contributed by atoms with Gasteiger partial charge in [0.1, 0.15) is 11.4 Å². The fourth-order valence-electron chi connectivity index (χ4n) is 6.46. The Kier molecular flexibility index (Phi) is 19.5. The molecule has 18 nitrogen and oxygen atoms in total. The first-order valence-electron chi connectivity index (χ1n) is 20.7. The summed E-state index contributed by atoms with van der Waals surface area (Å²) in [5.41, 5.74) is -1.15. The molecular formula is C43H54ClN5O13S3. The van der Waals surface area contributed by atoms with Gasteiger partial charge in [0, 0.05) is 17.7 Å². The Morgan fingerprint density at radius 1 is 0.831 bits per heavy atom. The summed E-state index contributed by atoms with van der Waals surface area (Å²) in [6.45, 7) is 8.16. The van der Waals surface area contributed by atoms with Gasteiger partial charge >= 0.3 is 0 Å². The number of fused-ring (bicyclic) bond motifs is 1. The number of ether oxygens (including phenoxy) is 1. The van der Waals surface area contributed by atoms with Crippen molar-refractivity contribution < 1.29 is 60.2 Å². The Morgan fingerprint density at radius 3 is 2.05 bits per heavy atom. The summed E-state index contributed by atoms with van der Waals surface area (Å²) in [5.74, 6) is -2.71. The number of carbonyl (C=O) groups is 3. The molecule has 4 rings (SSSR count). The molecule has 0 saturated carbocycles. The second kappa shape index (κ2) is 24.1. The van der Waals surface area contributed by atoms with Gasteiger partial charge < -0.3 is 20.5 Å². The smallest absolute Gasteiger partial charge is 0.294 e. The third-order valence-corrected chi connectivity index (χ3v) is 12.9. The topological polar surface area (TPSA) is 269 Å². The molecule has 0 saturated heterocycles. The van der Waals surface area contributed by atoms with Gasteiger partial charge in [0.15, 0.2) is 11.5 Å². The molecule has 2 amide bonds. The van der Waals surface area contributed by atoms with E-state index in [1.165, 1.54) is 80.6 Å². The minimum absolute atomic E-state index is 0.00339. The number of nitrogens with one attached hydrogen (secondary N) is 3.